The van der Waals surface area contributed by atoms with Gasteiger partial charge >= 0.3 is 0 Å². The number of aryl methyl sites for hydroxylation is 1. The highest BCUT2D eigenvalue weighted by atomic mass is 35.5. The number of pyridine rings is 2. The van der Waals surface area contributed by atoms with Crippen LogP contribution >= 0.6 is 22.9 Å². The lowest BCUT2D eigenvalue weighted by Gasteiger charge is -2.36. The van der Waals surface area contributed by atoms with Crippen molar-refractivity contribution in [3.8, 4) is 16.9 Å². The summed E-state index contributed by atoms with van der Waals surface area (Å²) < 4.78 is 5.44. The summed E-state index contributed by atoms with van der Waals surface area (Å²) in [6.45, 7) is 5.08. The quantitative estimate of drug-likeness (QED) is 0.370. The minimum Gasteiger partial charge on any atom is -0.494 e. The van der Waals surface area contributed by atoms with Gasteiger partial charge in [-0.15, -0.1) is 0 Å². The third-order valence-electron chi connectivity index (χ3n) is 6.12. The third-order valence-corrected chi connectivity index (χ3v) is 7.19. The van der Waals surface area contributed by atoms with E-state index in [1.54, 1.807) is 18.3 Å². The number of hydrogen-bond acceptors (Lipinski definition) is 10. The average molecular weight is 526 g/mol. The molecule has 5 rings (SSSR count). The molecule has 4 aromatic rings. The molecule has 4 aromatic heterocycles. The van der Waals surface area contributed by atoms with E-state index in [4.69, 9.17) is 21.3 Å². The van der Waals surface area contributed by atoms with Crippen molar-refractivity contribution in [3.63, 3.8) is 0 Å². The molecule has 36 heavy (non-hydrogen) atoms. The van der Waals surface area contributed by atoms with E-state index in [2.05, 4.69) is 30.2 Å². The molecule has 5 heterocycles. The van der Waals surface area contributed by atoms with Crippen molar-refractivity contribution in [1.82, 2.24) is 24.9 Å². The van der Waals surface area contributed by atoms with Gasteiger partial charge in [0, 0.05) is 36.1 Å². The number of fused-ring (bicyclic) bond motifs is 1. The van der Waals surface area contributed by atoms with Crippen molar-refractivity contribution in [2.24, 2.45) is 0 Å². The topological polar surface area (TPSA) is 126 Å². The number of amides is 1. The lowest BCUT2D eigenvalue weighted by molar-refractivity contribution is 0.0350. The molecule has 10 nitrogen and oxygen atoms in total. The summed E-state index contributed by atoms with van der Waals surface area (Å²) in [6, 6.07) is 3.45. The molecule has 0 aliphatic carbocycles. The minimum absolute atomic E-state index is 0.281. The van der Waals surface area contributed by atoms with Crippen LogP contribution in [0.15, 0.2) is 30.7 Å². The molecule has 0 bridgehead atoms. The fourth-order valence-corrected chi connectivity index (χ4v) is 5.00. The van der Waals surface area contributed by atoms with Crippen molar-refractivity contribution in [1.29, 1.82) is 0 Å². The molecule has 1 aliphatic heterocycles. The molecule has 0 radical (unpaired) electrons. The van der Waals surface area contributed by atoms with Gasteiger partial charge < -0.3 is 14.7 Å². The lowest BCUT2D eigenvalue weighted by Crippen LogP contribution is -2.42. The second kappa shape index (κ2) is 9.57. The first kappa shape index (κ1) is 24.3. The van der Waals surface area contributed by atoms with E-state index in [0.29, 0.717) is 64.0 Å². The molecule has 0 saturated carbocycles. The van der Waals surface area contributed by atoms with Gasteiger partial charge in [0.2, 0.25) is 0 Å². The molecule has 1 amide bonds. The van der Waals surface area contributed by atoms with Gasteiger partial charge in [0.15, 0.2) is 15.6 Å². The van der Waals surface area contributed by atoms with Gasteiger partial charge in [0.25, 0.3) is 5.91 Å². The summed E-state index contributed by atoms with van der Waals surface area (Å²) in [5.41, 5.74) is 2.12. The Balaban J connectivity index is 1.42. The predicted molar refractivity (Wildman–Crippen MR) is 139 cm³/mol. The molecule has 12 heteroatoms. The van der Waals surface area contributed by atoms with E-state index in [-0.39, 0.29) is 11.1 Å². The molecule has 186 valence electrons. The van der Waals surface area contributed by atoms with Crippen LogP contribution in [0.25, 0.3) is 21.6 Å². The van der Waals surface area contributed by atoms with Crippen LogP contribution in [0.5, 0.6) is 5.75 Å². The first-order chi connectivity index (χ1) is 17.2. The van der Waals surface area contributed by atoms with Crippen molar-refractivity contribution in [3.05, 3.63) is 47.1 Å². The monoisotopic (exact) mass is 525 g/mol. The fourth-order valence-electron chi connectivity index (χ4n) is 4.05. The van der Waals surface area contributed by atoms with Crippen LogP contribution in [0.2, 0.25) is 5.15 Å². The Bertz CT molecular complexity index is 1450. The van der Waals surface area contributed by atoms with Crippen LogP contribution in [-0.2, 0) is 0 Å². The lowest BCUT2D eigenvalue weighted by atomic mass is 9.94. The summed E-state index contributed by atoms with van der Waals surface area (Å²) in [6.07, 6.45) is 6.03. The van der Waals surface area contributed by atoms with Crippen LogP contribution in [0.3, 0.4) is 0 Å². The maximum atomic E-state index is 13.3. The number of carbonyl (C=O) groups excluding carboxylic acids is 1. The summed E-state index contributed by atoms with van der Waals surface area (Å²) >= 11 is 7.38. The van der Waals surface area contributed by atoms with Crippen molar-refractivity contribution < 1.29 is 14.6 Å². The molecule has 1 fully saturated rings. The minimum atomic E-state index is -0.648. The number of nitrogens with one attached hydrogen (secondary N) is 1. The summed E-state index contributed by atoms with van der Waals surface area (Å²) in [5.74, 6) is 0.829. The van der Waals surface area contributed by atoms with Crippen LogP contribution in [0.4, 0.5) is 10.9 Å². The van der Waals surface area contributed by atoms with Gasteiger partial charge in [-0.25, -0.2) is 15.0 Å². The highest BCUT2D eigenvalue weighted by molar-refractivity contribution is 7.21. The standard InChI is InChI=1S/C24H24ClN7O3S/c1-13-8-14(15-9-18(25)27-11-17(15)35-3)16(10-26-13)21(33)31-23-30-20-22(36-23)29-19(12-28-20)32-6-4-24(2,34)5-7-32/h8-12,34H,4-7H2,1-3H3,(H,28,30,31,33). The van der Waals surface area contributed by atoms with E-state index in [1.165, 1.54) is 30.8 Å². The van der Waals surface area contributed by atoms with Gasteiger partial charge in [-0.3, -0.25) is 15.1 Å². The van der Waals surface area contributed by atoms with Crippen LogP contribution in [-0.4, -0.2) is 61.7 Å². The number of ether oxygens (including phenoxy) is 1. The molecule has 0 atom stereocenters. The van der Waals surface area contributed by atoms with E-state index >= 15 is 0 Å². The first-order valence-electron chi connectivity index (χ1n) is 11.3. The number of piperidine rings is 1. The number of aliphatic hydroxyl groups is 1. The smallest absolute Gasteiger partial charge is 0.259 e. The number of halogens is 1. The molecule has 0 unspecified atom stereocenters. The van der Waals surface area contributed by atoms with E-state index in [1.807, 2.05) is 13.8 Å². The number of thiazole rings is 1. The number of carbonyl (C=O) groups is 1. The summed E-state index contributed by atoms with van der Waals surface area (Å²) in [5, 5.41) is 13.7. The maximum absolute atomic E-state index is 13.3. The normalized spacial score (nSPS) is 15.2. The third kappa shape index (κ3) is 4.95. The predicted octanol–water partition coefficient (Wildman–Crippen LogP) is 4.12. The van der Waals surface area contributed by atoms with Crippen molar-refractivity contribution in [2.75, 3.05) is 30.4 Å². The second-order valence-corrected chi connectivity index (χ2v) is 10.3. The first-order valence-corrected chi connectivity index (χ1v) is 12.5. The van der Waals surface area contributed by atoms with Gasteiger partial charge in [-0.1, -0.05) is 22.9 Å². The molecule has 2 N–H and O–H groups in total. The van der Waals surface area contributed by atoms with Crippen molar-refractivity contribution >= 4 is 50.3 Å². The SMILES string of the molecule is COc1cnc(Cl)cc1-c1cc(C)ncc1C(=O)Nc1nc2ncc(N3CCC(C)(O)CC3)nc2s1. The summed E-state index contributed by atoms with van der Waals surface area (Å²) in [7, 11) is 1.53. The van der Waals surface area contributed by atoms with Crippen LogP contribution in [0, 0.1) is 6.92 Å². The van der Waals surface area contributed by atoms with Gasteiger partial charge in [-0.05, 0) is 38.8 Å². The number of rotatable bonds is 5. The number of hydrogen-bond donors (Lipinski definition) is 2. The fraction of sp³-hybridized carbons (Fsp3) is 0.333. The van der Waals surface area contributed by atoms with Gasteiger partial charge in [-0.2, -0.15) is 4.98 Å². The Labute approximate surface area is 216 Å². The number of methoxy groups -OCH3 is 1. The molecular weight excluding hydrogens is 502 g/mol. The van der Waals surface area contributed by atoms with E-state index < -0.39 is 5.60 Å². The molecule has 1 aliphatic rings. The largest absolute Gasteiger partial charge is 0.494 e. The molecule has 0 spiro atoms. The van der Waals surface area contributed by atoms with E-state index in [0.717, 1.165) is 11.5 Å². The zero-order valence-electron chi connectivity index (χ0n) is 19.9. The Morgan fingerprint density at radius 1 is 1.14 bits per heavy atom. The number of aromatic nitrogens is 5. The molecule has 0 aromatic carbocycles. The Morgan fingerprint density at radius 3 is 2.67 bits per heavy atom. The number of anilines is 2. The van der Waals surface area contributed by atoms with Gasteiger partial charge in [0.05, 0.1) is 30.7 Å². The Hall–Kier alpha value is -3.41. The Morgan fingerprint density at radius 2 is 1.92 bits per heavy atom. The Kier molecular flexibility index (Phi) is 6.45. The van der Waals surface area contributed by atoms with E-state index in [9.17, 15) is 9.90 Å². The van der Waals surface area contributed by atoms with Crippen LogP contribution in [0.1, 0.15) is 35.8 Å². The van der Waals surface area contributed by atoms with Crippen molar-refractivity contribution in [2.45, 2.75) is 32.3 Å². The number of nitrogens with zero attached hydrogens (tertiary/aromatic N) is 6. The second-order valence-electron chi connectivity index (χ2n) is 8.89. The zero-order valence-corrected chi connectivity index (χ0v) is 21.5. The highest BCUT2D eigenvalue weighted by Gasteiger charge is 2.28. The molecular formula is C24H24ClN7O3S. The van der Waals surface area contributed by atoms with Crippen LogP contribution < -0.4 is 15.0 Å². The summed E-state index contributed by atoms with van der Waals surface area (Å²) in [4.78, 5) is 37.9. The maximum Gasteiger partial charge on any atom is 0.259 e. The highest BCUT2D eigenvalue weighted by Crippen LogP contribution is 2.35. The molecule has 1 saturated heterocycles. The zero-order chi connectivity index (χ0) is 25.4. The average Bonchev–Trinajstić information content (AvgIpc) is 3.25. The van der Waals surface area contributed by atoms with Gasteiger partial charge in [0.1, 0.15) is 16.7 Å².